The molecule has 0 unspecified atom stereocenters. The van der Waals surface area contributed by atoms with Crippen LogP contribution in [0.3, 0.4) is 0 Å². The second kappa shape index (κ2) is 6.37. The van der Waals surface area contributed by atoms with E-state index in [4.69, 9.17) is 0 Å². The molecule has 0 atom stereocenters. The summed E-state index contributed by atoms with van der Waals surface area (Å²) in [5, 5.41) is 12.2. The molecule has 110 valence electrons. The molecule has 2 N–H and O–H groups in total. The van der Waals surface area contributed by atoms with Crippen molar-refractivity contribution in [3.63, 3.8) is 0 Å². The van der Waals surface area contributed by atoms with Gasteiger partial charge >= 0.3 is 0 Å². The van der Waals surface area contributed by atoms with Crippen molar-refractivity contribution in [2.45, 2.75) is 32.8 Å². The Labute approximate surface area is 120 Å². The minimum Gasteiger partial charge on any atom is -0.393 e. The van der Waals surface area contributed by atoms with Crippen LogP contribution in [0, 0.1) is 19.8 Å². The Bertz CT molecular complexity index is 481. The summed E-state index contributed by atoms with van der Waals surface area (Å²) in [5.74, 6) is 0.542. The van der Waals surface area contributed by atoms with Gasteiger partial charge in [0, 0.05) is 12.2 Å². The highest BCUT2D eigenvalue weighted by Gasteiger charge is 2.28. The Morgan fingerprint density at radius 1 is 1.35 bits per heavy atom. The number of aliphatic hydroxyl groups excluding tert-OH is 1. The van der Waals surface area contributed by atoms with Gasteiger partial charge in [0.25, 0.3) is 0 Å². The highest BCUT2D eigenvalue weighted by molar-refractivity contribution is 5.92. The van der Waals surface area contributed by atoms with E-state index < -0.39 is 0 Å². The fourth-order valence-electron chi connectivity index (χ4n) is 2.62. The molecule has 1 aliphatic rings. The maximum Gasteiger partial charge on any atom is 0.238 e. The van der Waals surface area contributed by atoms with Crippen LogP contribution in [-0.4, -0.2) is 42.2 Å². The molecule has 1 aromatic rings. The Morgan fingerprint density at radius 2 is 2.05 bits per heavy atom. The lowest BCUT2D eigenvalue weighted by Gasteiger charge is -2.34. The minimum atomic E-state index is -0.127. The van der Waals surface area contributed by atoms with Crippen LogP contribution in [0.2, 0.25) is 0 Å². The molecule has 0 saturated heterocycles. The van der Waals surface area contributed by atoms with Gasteiger partial charge in [-0.15, -0.1) is 0 Å². The summed E-state index contributed by atoms with van der Waals surface area (Å²) in [6.07, 6.45) is 1.60. The molecule has 0 bridgehead atoms. The first-order chi connectivity index (χ1) is 9.44. The standard InChI is InChI=1S/C16H24N2O2/c1-11-4-5-14(6-12(11)2)17-16(20)10-18(3)9-13-7-15(19)8-13/h4-6,13,15,19H,7-10H2,1-3H3,(H,17,20). The number of aryl methyl sites for hydroxylation is 2. The van der Waals surface area contributed by atoms with Crippen LogP contribution in [-0.2, 0) is 4.79 Å². The highest BCUT2D eigenvalue weighted by atomic mass is 16.3. The largest absolute Gasteiger partial charge is 0.393 e. The molecule has 0 radical (unpaired) electrons. The minimum absolute atomic E-state index is 0.00984. The number of amides is 1. The predicted octanol–water partition coefficient (Wildman–Crippen LogP) is 1.94. The molecule has 0 aromatic heterocycles. The molecule has 1 aromatic carbocycles. The monoisotopic (exact) mass is 276 g/mol. The van der Waals surface area contributed by atoms with Gasteiger partial charge in [0.1, 0.15) is 0 Å². The van der Waals surface area contributed by atoms with Crippen LogP contribution in [0.25, 0.3) is 0 Å². The number of hydrogen-bond donors (Lipinski definition) is 2. The second-order valence-electron chi connectivity index (χ2n) is 6.04. The number of nitrogens with one attached hydrogen (secondary N) is 1. The van der Waals surface area contributed by atoms with Crippen molar-refractivity contribution in [1.82, 2.24) is 4.90 Å². The molecule has 1 aliphatic carbocycles. The third-order valence-corrected chi connectivity index (χ3v) is 3.98. The van der Waals surface area contributed by atoms with Gasteiger partial charge in [-0.2, -0.15) is 0 Å². The van der Waals surface area contributed by atoms with Gasteiger partial charge in [-0.1, -0.05) is 6.07 Å². The van der Waals surface area contributed by atoms with Gasteiger partial charge in [-0.05, 0) is 62.9 Å². The van der Waals surface area contributed by atoms with Crippen LogP contribution < -0.4 is 5.32 Å². The van der Waals surface area contributed by atoms with Crippen molar-refractivity contribution in [3.8, 4) is 0 Å². The normalized spacial score (nSPS) is 21.6. The number of carbonyl (C=O) groups excluding carboxylic acids is 1. The smallest absolute Gasteiger partial charge is 0.238 e. The molecule has 4 nitrogen and oxygen atoms in total. The quantitative estimate of drug-likeness (QED) is 0.864. The van der Waals surface area contributed by atoms with Gasteiger partial charge < -0.3 is 10.4 Å². The summed E-state index contributed by atoms with van der Waals surface area (Å²) >= 11 is 0. The first-order valence-electron chi connectivity index (χ1n) is 7.17. The number of anilines is 1. The fourth-order valence-corrected chi connectivity index (χ4v) is 2.62. The first-order valence-corrected chi connectivity index (χ1v) is 7.17. The van der Waals surface area contributed by atoms with Crippen molar-refractivity contribution in [1.29, 1.82) is 0 Å². The molecule has 2 rings (SSSR count). The maximum atomic E-state index is 12.0. The van der Waals surface area contributed by atoms with Crippen LogP contribution >= 0.6 is 0 Å². The van der Waals surface area contributed by atoms with Crippen LogP contribution in [0.1, 0.15) is 24.0 Å². The van der Waals surface area contributed by atoms with Crippen LogP contribution in [0.15, 0.2) is 18.2 Å². The molecular formula is C16H24N2O2. The average molecular weight is 276 g/mol. The van der Waals surface area contributed by atoms with Gasteiger partial charge in [0.2, 0.25) is 5.91 Å². The van der Waals surface area contributed by atoms with Crippen molar-refractivity contribution >= 4 is 11.6 Å². The summed E-state index contributed by atoms with van der Waals surface area (Å²) in [6.45, 7) is 5.36. The molecule has 0 heterocycles. The number of rotatable bonds is 5. The van der Waals surface area contributed by atoms with E-state index in [0.29, 0.717) is 12.5 Å². The molecule has 1 saturated carbocycles. The zero-order chi connectivity index (χ0) is 14.7. The lowest BCUT2D eigenvalue weighted by molar-refractivity contribution is -0.117. The van der Waals surface area contributed by atoms with Gasteiger partial charge in [-0.3, -0.25) is 9.69 Å². The molecule has 1 amide bonds. The van der Waals surface area contributed by atoms with E-state index in [-0.39, 0.29) is 12.0 Å². The summed E-state index contributed by atoms with van der Waals surface area (Å²) < 4.78 is 0. The first kappa shape index (κ1) is 15.0. The molecule has 0 aliphatic heterocycles. The number of nitrogens with zero attached hydrogens (tertiary/aromatic N) is 1. The van der Waals surface area contributed by atoms with Crippen molar-refractivity contribution < 1.29 is 9.90 Å². The Balaban J connectivity index is 1.78. The number of aliphatic hydroxyl groups is 1. The number of carbonyl (C=O) groups is 1. The number of likely N-dealkylation sites (N-methyl/N-ethyl adjacent to an activating group) is 1. The Kier molecular flexibility index (Phi) is 4.78. The number of hydrogen-bond acceptors (Lipinski definition) is 3. The third-order valence-electron chi connectivity index (χ3n) is 3.98. The third kappa shape index (κ3) is 4.05. The predicted molar refractivity (Wildman–Crippen MR) is 80.8 cm³/mol. The van der Waals surface area contributed by atoms with Crippen molar-refractivity contribution in [2.24, 2.45) is 5.92 Å². The van der Waals surface area contributed by atoms with Crippen LogP contribution in [0.4, 0.5) is 5.69 Å². The molecule has 20 heavy (non-hydrogen) atoms. The summed E-state index contributed by atoms with van der Waals surface area (Å²) in [7, 11) is 1.95. The van der Waals surface area contributed by atoms with E-state index in [0.717, 1.165) is 25.1 Å². The van der Waals surface area contributed by atoms with Gasteiger partial charge in [0.05, 0.1) is 12.6 Å². The SMILES string of the molecule is Cc1ccc(NC(=O)CN(C)CC2CC(O)C2)cc1C. The van der Waals surface area contributed by atoms with E-state index in [1.807, 2.05) is 37.1 Å². The molecule has 1 fully saturated rings. The van der Waals surface area contributed by atoms with Crippen molar-refractivity contribution in [2.75, 3.05) is 25.5 Å². The highest BCUT2D eigenvalue weighted by Crippen LogP contribution is 2.27. The maximum absolute atomic E-state index is 12.0. The summed E-state index contributed by atoms with van der Waals surface area (Å²) in [6, 6.07) is 5.95. The van der Waals surface area contributed by atoms with Crippen molar-refractivity contribution in [3.05, 3.63) is 29.3 Å². The fraction of sp³-hybridized carbons (Fsp3) is 0.562. The average Bonchev–Trinajstić information content (AvgIpc) is 2.31. The van der Waals surface area contributed by atoms with E-state index >= 15 is 0 Å². The summed E-state index contributed by atoms with van der Waals surface area (Å²) in [5.41, 5.74) is 3.26. The molecule has 0 spiro atoms. The zero-order valence-corrected chi connectivity index (χ0v) is 12.5. The van der Waals surface area contributed by atoms with Gasteiger partial charge in [0.15, 0.2) is 0 Å². The molecule has 4 heteroatoms. The lowest BCUT2D eigenvalue weighted by Crippen LogP contribution is -2.39. The van der Waals surface area contributed by atoms with E-state index in [9.17, 15) is 9.90 Å². The molecular weight excluding hydrogens is 252 g/mol. The zero-order valence-electron chi connectivity index (χ0n) is 12.5. The Hall–Kier alpha value is -1.39. The topological polar surface area (TPSA) is 52.6 Å². The van der Waals surface area contributed by atoms with E-state index in [1.165, 1.54) is 11.1 Å². The van der Waals surface area contributed by atoms with Crippen LogP contribution in [0.5, 0.6) is 0 Å². The summed E-state index contributed by atoms with van der Waals surface area (Å²) in [4.78, 5) is 14.0. The van der Waals surface area contributed by atoms with E-state index in [2.05, 4.69) is 12.2 Å². The van der Waals surface area contributed by atoms with E-state index in [1.54, 1.807) is 0 Å². The lowest BCUT2D eigenvalue weighted by atomic mass is 9.82. The Morgan fingerprint density at radius 3 is 2.65 bits per heavy atom. The number of benzene rings is 1. The second-order valence-corrected chi connectivity index (χ2v) is 6.04. The van der Waals surface area contributed by atoms with Gasteiger partial charge in [-0.25, -0.2) is 0 Å².